The average molecular weight is 252 g/mol. The van der Waals surface area contributed by atoms with Crippen LogP contribution >= 0.6 is 15.9 Å². The number of carbonyl (C=O) groups excluding carboxylic acids is 1. The zero-order valence-corrected chi connectivity index (χ0v) is 8.74. The zero-order chi connectivity index (χ0) is 10.1. The molecule has 1 aromatic carbocycles. The molecular weight excluding hydrogens is 246 g/mol. The van der Waals surface area contributed by atoms with E-state index in [1.807, 2.05) is 6.07 Å². The number of Topliss-reactive ketones (excluding diaryl/α,β-unsaturated/α-hetero) is 1. The standard InChI is InChI=1S/C10H6BrNO2/c11-8-5-14-9-3-6(4-12)1-2-7(9)10(8)13/h1-3,8H,5H2. The molecule has 0 saturated carbocycles. The number of nitrogens with zero attached hydrogens (tertiary/aromatic N) is 1. The molecule has 0 saturated heterocycles. The Morgan fingerprint density at radius 1 is 1.57 bits per heavy atom. The number of hydrogen-bond donors (Lipinski definition) is 0. The van der Waals surface area contributed by atoms with Crippen LogP contribution in [-0.2, 0) is 0 Å². The second-order valence-electron chi connectivity index (χ2n) is 2.97. The van der Waals surface area contributed by atoms with Gasteiger partial charge in [0, 0.05) is 0 Å². The van der Waals surface area contributed by atoms with E-state index in [0.717, 1.165) is 0 Å². The van der Waals surface area contributed by atoms with Crippen molar-refractivity contribution in [2.24, 2.45) is 0 Å². The fourth-order valence-corrected chi connectivity index (χ4v) is 1.70. The van der Waals surface area contributed by atoms with E-state index in [-0.39, 0.29) is 10.6 Å². The summed E-state index contributed by atoms with van der Waals surface area (Å²) >= 11 is 3.22. The second kappa shape index (κ2) is 3.43. The topological polar surface area (TPSA) is 50.1 Å². The Balaban J connectivity index is 2.50. The van der Waals surface area contributed by atoms with Crippen LogP contribution in [0.3, 0.4) is 0 Å². The third-order valence-electron chi connectivity index (χ3n) is 2.05. The molecule has 0 N–H and O–H groups in total. The van der Waals surface area contributed by atoms with E-state index >= 15 is 0 Å². The SMILES string of the molecule is N#Cc1ccc2c(c1)OCC(Br)C2=O. The number of ketones is 1. The molecule has 1 unspecified atom stereocenters. The van der Waals surface area contributed by atoms with Gasteiger partial charge in [-0.15, -0.1) is 0 Å². The van der Waals surface area contributed by atoms with Crippen LogP contribution in [0.25, 0.3) is 0 Å². The van der Waals surface area contributed by atoms with Crippen molar-refractivity contribution in [3.63, 3.8) is 0 Å². The maximum absolute atomic E-state index is 11.6. The third kappa shape index (κ3) is 1.40. The number of halogens is 1. The minimum absolute atomic E-state index is 0.00994. The normalized spacial score (nSPS) is 19.4. The summed E-state index contributed by atoms with van der Waals surface area (Å²) in [5.74, 6) is 0.514. The summed E-state index contributed by atoms with van der Waals surface area (Å²) < 4.78 is 5.33. The van der Waals surface area contributed by atoms with Crippen LogP contribution in [0.2, 0.25) is 0 Å². The first-order valence-corrected chi connectivity index (χ1v) is 4.99. The highest BCUT2D eigenvalue weighted by molar-refractivity contribution is 9.10. The summed E-state index contributed by atoms with van der Waals surface area (Å²) in [5.41, 5.74) is 1.04. The van der Waals surface area contributed by atoms with Gasteiger partial charge in [0.15, 0.2) is 5.78 Å². The highest BCUT2D eigenvalue weighted by atomic mass is 79.9. The van der Waals surface area contributed by atoms with E-state index in [4.69, 9.17) is 10.00 Å². The highest BCUT2D eigenvalue weighted by Gasteiger charge is 2.26. The summed E-state index contributed by atoms with van der Waals surface area (Å²) in [5, 5.41) is 8.66. The number of benzene rings is 1. The van der Waals surface area contributed by atoms with Crippen molar-refractivity contribution in [3.8, 4) is 11.8 Å². The summed E-state index contributed by atoms with van der Waals surface area (Å²) in [6.45, 7) is 0.320. The van der Waals surface area contributed by atoms with Gasteiger partial charge in [-0.2, -0.15) is 5.26 Å². The summed E-state index contributed by atoms with van der Waals surface area (Å²) in [4.78, 5) is 11.3. The van der Waals surface area contributed by atoms with Crippen molar-refractivity contribution in [3.05, 3.63) is 29.3 Å². The van der Waals surface area contributed by atoms with Crippen molar-refractivity contribution in [1.82, 2.24) is 0 Å². The van der Waals surface area contributed by atoms with E-state index < -0.39 is 0 Å². The van der Waals surface area contributed by atoms with Crippen LogP contribution in [0.4, 0.5) is 0 Å². The quantitative estimate of drug-likeness (QED) is 0.662. The first-order valence-electron chi connectivity index (χ1n) is 4.07. The van der Waals surface area contributed by atoms with Crippen LogP contribution in [0.15, 0.2) is 18.2 Å². The first-order chi connectivity index (χ1) is 6.72. The zero-order valence-electron chi connectivity index (χ0n) is 7.16. The molecule has 1 aliphatic rings. The Kier molecular flexibility index (Phi) is 2.26. The minimum Gasteiger partial charge on any atom is -0.491 e. The summed E-state index contributed by atoms with van der Waals surface area (Å²) in [6.07, 6.45) is 0. The Morgan fingerprint density at radius 3 is 3.07 bits per heavy atom. The van der Waals surface area contributed by atoms with Crippen molar-refractivity contribution in [1.29, 1.82) is 5.26 Å². The molecular formula is C10H6BrNO2. The van der Waals surface area contributed by atoms with Crippen molar-refractivity contribution in [2.75, 3.05) is 6.61 Å². The third-order valence-corrected chi connectivity index (χ3v) is 2.73. The lowest BCUT2D eigenvalue weighted by atomic mass is 10.0. The number of rotatable bonds is 0. The van der Waals surface area contributed by atoms with Gasteiger partial charge in [0.2, 0.25) is 0 Å². The van der Waals surface area contributed by atoms with E-state index in [2.05, 4.69) is 15.9 Å². The Hall–Kier alpha value is -1.34. The molecule has 0 aromatic heterocycles. The molecule has 0 amide bonds. The van der Waals surface area contributed by atoms with Crippen LogP contribution < -0.4 is 4.74 Å². The van der Waals surface area contributed by atoms with Crippen molar-refractivity contribution in [2.45, 2.75) is 4.83 Å². The van der Waals surface area contributed by atoms with Crippen LogP contribution in [-0.4, -0.2) is 17.2 Å². The molecule has 0 aliphatic carbocycles. The van der Waals surface area contributed by atoms with Crippen LogP contribution in [0.5, 0.6) is 5.75 Å². The van der Waals surface area contributed by atoms with Gasteiger partial charge in [-0.1, -0.05) is 15.9 Å². The van der Waals surface area contributed by atoms with Gasteiger partial charge in [-0.05, 0) is 18.2 Å². The molecule has 1 heterocycles. The summed E-state index contributed by atoms with van der Waals surface area (Å²) in [6, 6.07) is 6.83. The van der Waals surface area contributed by atoms with Gasteiger partial charge in [-0.3, -0.25) is 4.79 Å². The highest BCUT2D eigenvalue weighted by Crippen LogP contribution is 2.28. The Labute approximate surface area is 89.4 Å². The van der Waals surface area contributed by atoms with Gasteiger partial charge in [0.1, 0.15) is 17.2 Å². The van der Waals surface area contributed by atoms with E-state index in [1.54, 1.807) is 18.2 Å². The molecule has 1 atom stereocenters. The van der Waals surface area contributed by atoms with Crippen LogP contribution in [0.1, 0.15) is 15.9 Å². The number of alkyl halides is 1. The number of ether oxygens (including phenoxy) is 1. The molecule has 2 rings (SSSR count). The number of nitriles is 1. The predicted octanol–water partition coefficient (Wildman–Crippen LogP) is 1.90. The fourth-order valence-electron chi connectivity index (χ4n) is 1.32. The molecule has 0 radical (unpaired) electrons. The smallest absolute Gasteiger partial charge is 0.183 e. The predicted molar refractivity (Wildman–Crippen MR) is 53.7 cm³/mol. The molecule has 3 nitrogen and oxygen atoms in total. The fraction of sp³-hybridized carbons (Fsp3) is 0.200. The average Bonchev–Trinajstić information content (AvgIpc) is 2.23. The lowest BCUT2D eigenvalue weighted by Gasteiger charge is -2.19. The minimum atomic E-state index is -0.275. The van der Waals surface area contributed by atoms with Gasteiger partial charge in [0.05, 0.1) is 17.2 Å². The van der Waals surface area contributed by atoms with Gasteiger partial charge >= 0.3 is 0 Å². The summed E-state index contributed by atoms with van der Waals surface area (Å²) in [7, 11) is 0. The first kappa shape index (κ1) is 9.22. The molecule has 14 heavy (non-hydrogen) atoms. The number of hydrogen-bond acceptors (Lipinski definition) is 3. The number of carbonyl (C=O) groups is 1. The Bertz CT molecular complexity index is 436. The molecule has 0 bridgehead atoms. The second-order valence-corrected chi connectivity index (χ2v) is 4.07. The largest absolute Gasteiger partial charge is 0.491 e. The lowest BCUT2D eigenvalue weighted by molar-refractivity contribution is 0.0946. The molecule has 1 aromatic rings. The molecule has 70 valence electrons. The molecule has 0 spiro atoms. The van der Waals surface area contributed by atoms with E-state index in [9.17, 15) is 4.79 Å². The molecule has 4 heteroatoms. The maximum atomic E-state index is 11.6. The number of fused-ring (bicyclic) bond motifs is 1. The van der Waals surface area contributed by atoms with Gasteiger partial charge < -0.3 is 4.74 Å². The van der Waals surface area contributed by atoms with Gasteiger partial charge in [0.25, 0.3) is 0 Å². The van der Waals surface area contributed by atoms with E-state index in [1.165, 1.54) is 0 Å². The Morgan fingerprint density at radius 2 is 2.36 bits per heavy atom. The lowest BCUT2D eigenvalue weighted by Crippen LogP contribution is -2.27. The maximum Gasteiger partial charge on any atom is 0.183 e. The molecule has 1 aliphatic heterocycles. The van der Waals surface area contributed by atoms with E-state index in [0.29, 0.717) is 23.5 Å². The van der Waals surface area contributed by atoms with Gasteiger partial charge in [-0.25, -0.2) is 0 Å². The van der Waals surface area contributed by atoms with Crippen molar-refractivity contribution >= 4 is 21.7 Å². The van der Waals surface area contributed by atoms with Crippen LogP contribution in [0, 0.1) is 11.3 Å². The monoisotopic (exact) mass is 251 g/mol. The molecule has 0 fully saturated rings. The van der Waals surface area contributed by atoms with Crippen molar-refractivity contribution < 1.29 is 9.53 Å².